The van der Waals surface area contributed by atoms with Gasteiger partial charge in [-0.1, -0.05) is 6.07 Å². The molecule has 0 aliphatic heterocycles. The minimum atomic E-state index is -0.561. The predicted molar refractivity (Wildman–Crippen MR) is 66.7 cm³/mol. The smallest absolute Gasteiger partial charge is 0.305 e. The highest BCUT2D eigenvalue weighted by Crippen LogP contribution is 2.12. The number of rotatable bonds is 6. The molecule has 0 heterocycles. The highest BCUT2D eigenvalue weighted by molar-refractivity contribution is 5.94. The Morgan fingerprint density at radius 3 is 2.79 bits per heavy atom. The van der Waals surface area contributed by atoms with E-state index in [1.54, 1.807) is 0 Å². The molecule has 1 aromatic rings. The standard InChI is InChI=1S/C12H14N2O5/c1-19-11(15)6-3-7-13-12(16)9-4-2-5-10(8-9)14(17)18/h2,4-5,8H,3,6-7H2,1H3,(H,13,16). The molecule has 1 aromatic carbocycles. The molecule has 0 bridgehead atoms. The third-order valence-electron chi connectivity index (χ3n) is 2.39. The van der Waals surface area contributed by atoms with Gasteiger partial charge in [0.05, 0.1) is 12.0 Å². The maximum Gasteiger partial charge on any atom is 0.305 e. The number of nitrogens with zero attached hydrogens (tertiary/aromatic N) is 1. The highest BCUT2D eigenvalue weighted by atomic mass is 16.6. The van der Waals surface area contributed by atoms with E-state index in [0.717, 1.165) is 0 Å². The van der Waals surface area contributed by atoms with Gasteiger partial charge in [0.25, 0.3) is 11.6 Å². The van der Waals surface area contributed by atoms with Crippen molar-refractivity contribution < 1.29 is 19.2 Å². The van der Waals surface area contributed by atoms with Crippen LogP contribution in [0, 0.1) is 10.1 Å². The molecular formula is C12H14N2O5. The summed E-state index contributed by atoms with van der Waals surface area (Å²) in [5.74, 6) is -0.752. The molecule has 0 saturated heterocycles. The lowest BCUT2D eigenvalue weighted by molar-refractivity contribution is -0.384. The van der Waals surface area contributed by atoms with Crippen molar-refractivity contribution in [2.24, 2.45) is 0 Å². The second kappa shape index (κ2) is 7.10. The third kappa shape index (κ3) is 4.74. The number of carbonyl (C=O) groups excluding carboxylic acids is 2. The Morgan fingerprint density at radius 1 is 1.42 bits per heavy atom. The molecule has 0 unspecified atom stereocenters. The molecule has 0 atom stereocenters. The first-order valence-corrected chi connectivity index (χ1v) is 5.64. The van der Waals surface area contributed by atoms with Crippen LogP contribution in [0.15, 0.2) is 24.3 Å². The second-order valence-electron chi connectivity index (χ2n) is 3.74. The highest BCUT2D eigenvalue weighted by Gasteiger charge is 2.11. The van der Waals surface area contributed by atoms with E-state index in [0.29, 0.717) is 13.0 Å². The van der Waals surface area contributed by atoms with Crippen LogP contribution in [-0.2, 0) is 9.53 Å². The first-order chi connectivity index (χ1) is 9.04. The summed E-state index contributed by atoms with van der Waals surface area (Å²) in [4.78, 5) is 32.5. The van der Waals surface area contributed by atoms with Crippen LogP contribution in [0.25, 0.3) is 0 Å². The van der Waals surface area contributed by atoms with Crippen LogP contribution in [0.4, 0.5) is 5.69 Å². The van der Waals surface area contributed by atoms with E-state index < -0.39 is 10.8 Å². The number of nitrogens with one attached hydrogen (secondary N) is 1. The Bertz CT molecular complexity index is 487. The quantitative estimate of drug-likeness (QED) is 0.362. The predicted octanol–water partition coefficient (Wildman–Crippen LogP) is 1.28. The van der Waals surface area contributed by atoms with Crippen LogP contribution in [0.1, 0.15) is 23.2 Å². The van der Waals surface area contributed by atoms with Crippen LogP contribution < -0.4 is 5.32 Å². The fraction of sp³-hybridized carbons (Fsp3) is 0.333. The monoisotopic (exact) mass is 266 g/mol. The van der Waals surface area contributed by atoms with Crippen LogP contribution in [0.3, 0.4) is 0 Å². The minimum absolute atomic E-state index is 0.137. The number of esters is 1. The zero-order valence-corrected chi connectivity index (χ0v) is 10.4. The van der Waals surface area contributed by atoms with Gasteiger partial charge in [-0.05, 0) is 12.5 Å². The molecule has 0 aliphatic carbocycles. The number of benzene rings is 1. The second-order valence-corrected chi connectivity index (χ2v) is 3.74. The van der Waals surface area contributed by atoms with Gasteiger partial charge >= 0.3 is 5.97 Å². The van der Waals surface area contributed by atoms with E-state index >= 15 is 0 Å². The van der Waals surface area contributed by atoms with Gasteiger partial charge in [-0.3, -0.25) is 19.7 Å². The Labute approximate surface area is 109 Å². The van der Waals surface area contributed by atoms with Crippen molar-refractivity contribution in [3.63, 3.8) is 0 Å². The van der Waals surface area contributed by atoms with E-state index in [9.17, 15) is 19.7 Å². The van der Waals surface area contributed by atoms with Crippen LogP contribution >= 0.6 is 0 Å². The van der Waals surface area contributed by atoms with Gasteiger partial charge in [-0.2, -0.15) is 0 Å². The summed E-state index contributed by atoms with van der Waals surface area (Å²) in [6.07, 6.45) is 0.666. The number of hydrogen-bond acceptors (Lipinski definition) is 5. The van der Waals surface area contributed by atoms with Crippen molar-refractivity contribution in [2.75, 3.05) is 13.7 Å². The lowest BCUT2D eigenvalue weighted by atomic mass is 10.2. The molecule has 7 nitrogen and oxygen atoms in total. The van der Waals surface area contributed by atoms with Crippen molar-refractivity contribution in [1.29, 1.82) is 0 Å². The fourth-order valence-electron chi connectivity index (χ4n) is 1.40. The third-order valence-corrected chi connectivity index (χ3v) is 2.39. The average molecular weight is 266 g/mol. The number of ether oxygens (including phenoxy) is 1. The molecule has 0 saturated carbocycles. The molecule has 0 fully saturated rings. The fourth-order valence-corrected chi connectivity index (χ4v) is 1.40. The van der Waals surface area contributed by atoms with E-state index in [-0.39, 0.29) is 23.6 Å². The number of non-ortho nitro benzene ring substituents is 1. The Morgan fingerprint density at radius 2 is 2.16 bits per heavy atom. The van der Waals surface area contributed by atoms with Crippen LogP contribution in [0.2, 0.25) is 0 Å². The normalized spacial score (nSPS) is 9.74. The SMILES string of the molecule is COC(=O)CCCNC(=O)c1cccc([N+](=O)[O-])c1. The molecule has 19 heavy (non-hydrogen) atoms. The van der Waals surface area contributed by atoms with Gasteiger partial charge < -0.3 is 10.1 Å². The molecular weight excluding hydrogens is 252 g/mol. The summed E-state index contributed by atoms with van der Waals surface area (Å²) in [7, 11) is 1.30. The Kier molecular flexibility index (Phi) is 5.46. The number of carbonyl (C=O) groups is 2. The van der Waals surface area contributed by atoms with Gasteiger partial charge in [-0.25, -0.2) is 0 Å². The summed E-state index contributed by atoms with van der Waals surface area (Å²) in [6.45, 7) is 0.302. The number of nitro groups is 1. The molecule has 1 N–H and O–H groups in total. The van der Waals surface area contributed by atoms with Crippen molar-refractivity contribution >= 4 is 17.6 Å². The van der Waals surface area contributed by atoms with Crippen molar-refractivity contribution in [3.05, 3.63) is 39.9 Å². The number of hydrogen-bond donors (Lipinski definition) is 1. The maximum atomic E-state index is 11.7. The van der Waals surface area contributed by atoms with E-state index in [1.165, 1.54) is 31.4 Å². The van der Waals surface area contributed by atoms with Gasteiger partial charge in [-0.15, -0.1) is 0 Å². The Balaban J connectivity index is 2.47. The average Bonchev–Trinajstić information content (AvgIpc) is 2.43. The van der Waals surface area contributed by atoms with Crippen LogP contribution in [0.5, 0.6) is 0 Å². The minimum Gasteiger partial charge on any atom is -0.469 e. The summed E-state index contributed by atoms with van der Waals surface area (Å²) in [5, 5.41) is 13.1. The number of nitro benzene ring substituents is 1. The van der Waals surface area contributed by atoms with Gasteiger partial charge in [0.1, 0.15) is 0 Å². The largest absolute Gasteiger partial charge is 0.469 e. The molecule has 0 aliphatic rings. The first-order valence-electron chi connectivity index (χ1n) is 5.64. The Hall–Kier alpha value is -2.44. The molecule has 0 radical (unpaired) electrons. The number of methoxy groups -OCH3 is 1. The van der Waals surface area contributed by atoms with Crippen molar-refractivity contribution in [3.8, 4) is 0 Å². The molecule has 1 rings (SSSR count). The zero-order valence-electron chi connectivity index (χ0n) is 10.4. The lowest BCUT2D eigenvalue weighted by Gasteiger charge is -2.04. The number of amides is 1. The van der Waals surface area contributed by atoms with Gasteiger partial charge in [0, 0.05) is 30.7 Å². The molecule has 7 heteroatoms. The molecule has 0 spiro atoms. The molecule has 1 amide bonds. The van der Waals surface area contributed by atoms with Gasteiger partial charge in [0.15, 0.2) is 0 Å². The summed E-state index contributed by atoms with van der Waals surface area (Å²) in [6, 6.07) is 5.45. The first kappa shape index (κ1) is 14.6. The molecule has 0 aromatic heterocycles. The van der Waals surface area contributed by atoms with Gasteiger partial charge in [0.2, 0.25) is 0 Å². The summed E-state index contributed by atoms with van der Waals surface area (Å²) < 4.78 is 4.46. The lowest BCUT2D eigenvalue weighted by Crippen LogP contribution is -2.25. The molecule has 102 valence electrons. The van der Waals surface area contributed by atoms with E-state index in [2.05, 4.69) is 10.1 Å². The zero-order chi connectivity index (χ0) is 14.3. The van der Waals surface area contributed by atoms with E-state index in [1.807, 2.05) is 0 Å². The van der Waals surface area contributed by atoms with Crippen LogP contribution in [-0.4, -0.2) is 30.5 Å². The maximum absolute atomic E-state index is 11.7. The van der Waals surface area contributed by atoms with E-state index in [4.69, 9.17) is 0 Å². The summed E-state index contributed by atoms with van der Waals surface area (Å²) >= 11 is 0. The van der Waals surface area contributed by atoms with Crippen molar-refractivity contribution in [1.82, 2.24) is 5.32 Å². The van der Waals surface area contributed by atoms with Crippen molar-refractivity contribution in [2.45, 2.75) is 12.8 Å². The topological polar surface area (TPSA) is 98.5 Å². The summed E-state index contributed by atoms with van der Waals surface area (Å²) in [5.41, 5.74) is 0.0782.